The summed E-state index contributed by atoms with van der Waals surface area (Å²) < 4.78 is 13.1. The lowest BCUT2D eigenvalue weighted by atomic mass is 10.0. The summed E-state index contributed by atoms with van der Waals surface area (Å²) in [6, 6.07) is 45.6. The number of hydrogen-bond donors (Lipinski definition) is 0. The summed E-state index contributed by atoms with van der Waals surface area (Å²) in [7, 11) is -1.07. The van der Waals surface area contributed by atoms with Crippen LogP contribution in [0.3, 0.4) is 0 Å². The zero-order chi connectivity index (χ0) is 26.1. The third kappa shape index (κ3) is 10.2. The third-order valence-electron chi connectivity index (χ3n) is 7.10. The van der Waals surface area contributed by atoms with Crippen LogP contribution in [-0.4, -0.2) is 19.5 Å². The molecule has 0 spiro atoms. The van der Waals surface area contributed by atoms with Crippen molar-refractivity contribution in [2.75, 3.05) is 0 Å². The normalized spacial score (nSPS) is 13.4. The minimum absolute atomic E-state index is 0.219. The molecule has 198 valence electrons. The topological polar surface area (TPSA) is 18.5 Å². The van der Waals surface area contributed by atoms with Crippen LogP contribution in [0.15, 0.2) is 121 Å². The van der Waals surface area contributed by atoms with Gasteiger partial charge in [-0.15, -0.1) is 0 Å². The standard InChI is InChI=1S/C34H42O2Si2/c1-5-15-29(16-6-1)23-25-33(31-19-9-3-10-20-31)35-37-27-13-14-28-38-36-34(32-21-11-4-12-22-32)26-24-30-17-7-2-8-18-30/h1-12,15-22,33-34H,13-14,23-28,37-38H2. The molecule has 0 aliphatic heterocycles. The van der Waals surface area contributed by atoms with Crippen LogP contribution < -0.4 is 0 Å². The largest absolute Gasteiger partial charge is 0.417 e. The second kappa shape index (κ2) is 16.9. The summed E-state index contributed by atoms with van der Waals surface area (Å²) in [6.07, 6.45) is 7.19. The molecule has 0 bridgehead atoms. The van der Waals surface area contributed by atoms with E-state index in [1.165, 1.54) is 47.2 Å². The maximum atomic E-state index is 6.55. The van der Waals surface area contributed by atoms with Gasteiger partial charge in [0.05, 0.1) is 12.2 Å². The molecule has 0 N–H and O–H groups in total. The molecule has 0 aliphatic carbocycles. The van der Waals surface area contributed by atoms with Crippen molar-refractivity contribution in [1.82, 2.24) is 0 Å². The summed E-state index contributed by atoms with van der Waals surface area (Å²) in [5, 5.41) is 0. The highest BCUT2D eigenvalue weighted by atomic mass is 28.2. The van der Waals surface area contributed by atoms with Gasteiger partial charge in [0, 0.05) is 0 Å². The molecule has 0 aliphatic rings. The Balaban J connectivity index is 1.15. The molecule has 38 heavy (non-hydrogen) atoms. The van der Waals surface area contributed by atoms with Gasteiger partial charge in [-0.2, -0.15) is 0 Å². The molecule has 0 aromatic heterocycles. The molecule has 0 heterocycles. The Hall–Kier alpha value is -2.77. The highest BCUT2D eigenvalue weighted by molar-refractivity contribution is 6.27. The Morgan fingerprint density at radius 1 is 0.447 bits per heavy atom. The molecule has 4 aromatic rings. The number of aryl methyl sites for hydroxylation is 2. The van der Waals surface area contributed by atoms with Gasteiger partial charge in [-0.3, -0.25) is 0 Å². The predicted molar refractivity (Wildman–Crippen MR) is 166 cm³/mol. The molecule has 0 amide bonds. The summed E-state index contributed by atoms with van der Waals surface area (Å²) in [4.78, 5) is 0. The maximum absolute atomic E-state index is 6.55. The van der Waals surface area contributed by atoms with Crippen LogP contribution in [0.5, 0.6) is 0 Å². The van der Waals surface area contributed by atoms with Crippen molar-refractivity contribution in [3.05, 3.63) is 144 Å². The van der Waals surface area contributed by atoms with Gasteiger partial charge >= 0.3 is 0 Å². The van der Waals surface area contributed by atoms with Gasteiger partial charge in [-0.05, 0) is 60.0 Å². The Morgan fingerprint density at radius 3 is 1.16 bits per heavy atom. The fourth-order valence-corrected chi connectivity index (χ4v) is 7.66. The Kier molecular flexibility index (Phi) is 12.6. The third-order valence-corrected chi connectivity index (χ3v) is 9.95. The molecule has 2 unspecified atom stereocenters. The van der Waals surface area contributed by atoms with Gasteiger partial charge in [-0.25, -0.2) is 0 Å². The molecular weight excluding hydrogens is 497 g/mol. The molecule has 0 saturated heterocycles. The first kappa shape index (κ1) is 28.2. The van der Waals surface area contributed by atoms with Crippen LogP contribution in [0, 0.1) is 0 Å². The second-order valence-corrected chi connectivity index (χ2v) is 12.9. The fraction of sp³-hybridized carbons (Fsp3) is 0.294. The monoisotopic (exact) mass is 538 g/mol. The SMILES string of the molecule is c1ccc(CCC(O[SiH2]CCCC[SiH2]OC(CCc2ccccc2)c2ccccc2)c2ccccc2)cc1. The van der Waals surface area contributed by atoms with Crippen molar-refractivity contribution >= 4 is 19.5 Å². The lowest BCUT2D eigenvalue weighted by Gasteiger charge is -2.20. The van der Waals surface area contributed by atoms with E-state index in [1.54, 1.807) is 0 Å². The Morgan fingerprint density at radius 2 is 0.789 bits per heavy atom. The van der Waals surface area contributed by atoms with E-state index in [4.69, 9.17) is 8.85 Å². The smallest absolute Gasteiger partial charge is 0.162 e. The summed E-state index contributed by atoms with van der Waals surface area (Å²) >= 11 is 0. The van der Waals surface area contributed by atoms with E-state index in [0.29, 0.717) is 0 Å². The summed E-state index contributed by atoms with van der Waals surface area (Å²) in [5.74, 6) is 0. The van der Waals surface area contributed by atoms with Crippen molar-refractivity contribution in [2.24, 2.45) is 0 Å². The first-order valence-corrected chi connectivity index (χ1v) is 17.4. The van der Waals surface area contributed by atoms with Crippen LogP contribution >= 0.6 is 0 Å². The lowest BCUT2D eigenvalue weighted by molar-refractivity contribution is 0.203. The van der Waals surface area contributed by atoms with Crippen molar-refractivity contribution in [1.29, 1.82) is 0 Å². The zero-order valence-electron chi connectivity index (χ0n) is 22.6. The van der Waals surface area contributed by atoms with E-state index < -0.39 is 19.5 Å². The van der Waals surface area contributed by atoms with E-state index in [2.05, 4.69) is 121 Å². The maximum Gasteiger partial charge on any atom is 0.162 e. The number of benzene rings is 4. The highest BCUT2D eigenvalue weighted by Crippen LogP contribution is 2.25. The first-order chi connectivity index (χ1) is 18.9. The molecule has 4 aromatic carbocycles. The first-order valence-electron chi connectivity index (χ1n) is 14.3. The van der Waals surface area contributed by atoms with Gasteiger partial charge < -0.3 is 8.85 Å². The van der Waals surface area contributed by atoms with Crippen LogP contribution in [0.4, 0.5) is 0 Å². The minimum atomic E-state index is -0.535. The van der Waals surface area contributed by atoms with Gasteiger partial charge in [0.1, 0.15) is 0 Å². The van der Waals surface area contributed by atoms with Crippen molar-refractivity contribution in [2.45, 2.75) is 62.8 Å². The van der Waals surface area contributed by atoms with Crippen LogP contribution in [-0.2, 0) is 21.7 Å². The predicted octanol–water partition coefficient (Wildman–Crippen LogP) is 7.55. The average Bonchev–Trinajstić information content (AvgIpc) is 2.99. The van der Waals surface area contributed by atoms with E-state index >= 15 is 0 Å². The molecule has 0 fully saturated rings. The minimum Gasteiger partial charge on any atom is -0.417 e. The van der Waals surface area contributed by atoms with Gasteiger partial charge in [0.25, 0.3) is 0 Å². The summed E-state index contributed by atoms with van der Waals surface area (Å²) in [5.41, 5.74) is 5.42. The van der Waals surface area contributed by atoms with E-state index in [1.807, 2.05) is 0 Å². The van der Waals surface area contributed by atoms with Gasteiger partial charge in [0.2, 0.25) is 0 Å². The molecule has 2 nitrogen and oxygen atoms in total. The van der Waals surface area contributed by atoms with E-state index in [9.17, 15) is 0 Å². The Labute approximate surface area is 234 Å². The quantitative estimate of drug-likeness (QED) is 0.102. The van der Waals surface area contributed by atoms with E-state index in [-0.39, 0.29) is 12.2 Å². The van der Waals surface area contributed by atoms with Crippen LogP contribution in [0.25, 0.3) is 0 Å². The van der Waals surface area contributed by atoms with Crippen LogP contribution in [0.2, 0.25) is 12.1 Å². The number of unbranched alkanes of at least 4 members (excludes halogenated alkanes) is 1. The fourth-order valence-electron chi connectivity index (χ4n) is 4.92. The van der Waals surface area contributed by atoms with Gasteiger partial charge in [-0.1, -0.05) is 134 Å². The number of hydrogen-bond acceptors (Lipinski definition) is 2. The molecular formula is C34H42O2Si2. The van der Waals surface area contributed by atoms with Crippen molar-refractivity contribution in [3.8, 4) is 0 Å². The molecule has 2 atom stereocenters. The highest BCUT2D eigenvalue weighted by Gasteiger charge is 2.13. The molecule has 4 heteroatoms. The van der Waals surface area contributed by atoms with Crippen LogP contribution in [0.1, 0.15) is 60.1 Å². The Bertz CT molecular complexity index is 1030. The molecule has 0 radical (unpaired) electrons. The van der Waals surface area contributed by atoms with Crippen molar-refractivity contribution in [3.63, 3.8) is 0 Å². The lowest BCUT2D eigenvalue weighted by Crippen LogP contribution is -2.10. The van der Waals surface area contributed by atoms with E-state index in [0.717, 1.165) is 25.7 Å². The second-order valence-electron chi connectivity index (χ2n) is 10.0. The molecule has 4 rings (SSSR count). The number of rotatable bonds is 17. The molecule has 0 saturated carbocycles. The van der Waals surface area contributed by atoms with Gasteiger partial charge in [0.15, 0.2) is 19.5 Å². The van der Waals surface area contributed by atoms with Crippen molar-refractivity contribution < 1.29 is 8.85 Å². The summed E-state index contributed by atoms with van der Waals surface area (Å²) in [6.45, 7) is 0. The average molecular weight is 539 g/mol. The zero-order valence-corrected chi connectivity index (χ0v) is 25.4.